The minimum absolute atomic E-state index is 0.221. The third-order valence-electron chi connectivity index (χ3n) is 2.77. The standard InChI is InChI=1S/C15H15FN2O/c1-2-10-4-3-5-12(8-10)19-14-7-6-11(16)9-13(14)15(17)18/h3-9H,2H2,1H3,(H3,17,18). The highest BCUT2D eigenvalue weighted by Gasteiger charge is 2.09. The predicted octanol–water partition coefficient (Wildman–Crippen LogP) is 3.46. The molecule has 2 aromatic carbocycles. The molecule has 0 spiro atoms. The van der Waals surface area contributed by atoms with Crippen LogP contribution < -0.4 is 10.5 Å². The van der Waals surface area contributed by atoms with Gasteiger partial charge in [-0.1, -0.05) is 19.1 Å². The lowest BCUT2D eigenvalue weighted by atomic mass is 10.1. The van der Waals surface area contributed by atoms with Gasteiger partial charge in [0, 0.05) is 0 Å². The number of benzene rings is 2. The van der Waals surface area contributed by atoms with Gasteiger partial charge in [0.2, 0.25) is 0 Å². The Labute approximate surface area is 111 Å². The second-order valence-corrected chi connectivity index (χ2v) is 4.16. The molecule has 0 aliphatic carbocycles. The zero-order valence-electron chi connectivity index (χ0n) is 10.6. The summed E-state index contributed by atoms with van der Waals surface area (Å²) in [5, 5.41) is 7.45. The molecular formula is C15H15FN2O. The molecule has 3 nitrogen and oxygen atoms in total. The Hall–Kier alpha value is -2.36. The first kappa shape index (κ1) is 13.1. The van der Waals surface area contributed by atoms with Gasteiger partial charge in [-0.15, -0.1) is 0 Å². The van der Waals surface area contributed by atoms with Crippen molar-refractivity contribution in [3.8, 4) is 11.5 Å². The van der Waals surface area contributed by atoms with Crippen molar-refractivity contribution in [3.63, 3.8) is 0 Å². The number of hydrogen-bond donors (Lipinski definition) is 2. The third kappa shape index (κ3) is 3.10. The molecule has 2 rings (SSSR count). The quantitative estimate of drug-likeness (QED) is 0.651. The van der Waals surface area contributed by atoms with E-state index in [1.807, 2.05) is 24.3 Å². The maximum absolute atomic E-state index is 13.2. The van der Waals surface area contributed by atoms with E-state index in [2.05, 4.69) is 6.92 Å². The van der Waals surface area contributed by atoms with Crippen molar-refractivity contribution in [2.75, 3.05) is 0 Å². The summed E-state index contributed by atoms with van der Waals surface area (Å²) in [5.41, 5.74) is 6.82. The summed E-state index contributed by atoms with van der Waals surface area (Å²) in [5.74, 6) is 0.358. The van der Waals surface area contributed by atoms with Crippen LogP contribution in [0.3, 0.4) is 0 Å². The number of nitrogen functional groups attached to an aromatic ring is 1. The molecule has 0 radical (unpaired) electrons. The highest BCUT2D eigenvalue weighted by molar-refractivity contribution is 5.97. The van der Waals surface area contributed by atoms with Gasteiger partial charge in [-0.3, -0.25) is 5.41 Å². The Morgan fingerprint density at radius 2 is 2.05 bits per heavy atom. The molecule has 3 N–H and O–H groups in total. The second kappa shape index (κ2) is 5.52. The van der Waals surface area contributed by atoms with Crippen LogP contribution in [0, 0.1) is 11.2 Å². The van der Waals surface area contributed by atoms with Crippen LogP contribution in [0.2, 0.25) is 0 Å². The molecule has 0 saturated carbocycles. The summed E-state index contributed by atoms with van der Waals surface area (Å²) in [6.45, 7) is 2.05. The molecule has 0 bridgehead atoms. The lowest BCUT2D eigenvalue weighted by Crippen LogP contribution is -2.12. The average molecular weight is 258 g/mol. The maximum atomic E-state index is 13.2. The fourth-order valence-electron chi connectivity index (χ4n) is 1.76. The van der Waals surface area contributed by atoms with E-state index in [0.717, 1.165) is 12.0 Å². The van der Waals surface area contributed by atoms with Crippen LogP contribution >= 0.6 is 0 Å². The Kier molecular flexibility index (Phi) is 3.80. The molecule has 19 heavy (non-hydrogen) atoms. The van der Waals surface area contributed by atoms with Crippen molar-refractivity contribution in [2.45, 2.75) is 13.3 Å². The van der Waals surface area contributed by atoms with E-state index in [1.54, 1.807) is 0 Å². The summed E-state index contributed by atoms with van der Waals surface area (Å²) in [4.78, 5) is 0. The summed E-state index contributed by atoms with van der Waals surface area (Å²) >= 11 is 0. The van der Waals surface area contributed by atoms with Gasteiger partial charge in [-0.2, -0.15) is 0 Å². The zero-order chi connectivity index (χ0) is 13.8. The minimum Gasteiger partial charge on any atom is -0.457 e. The molecule has 0 aliphatic rings. The number of rotatable bonds is 4. The highest BCUT2D eigenvalue weighted by Crippen LogP contribution is 2.26. The zero-order valence-corrected chi connectivity index (χ0v) is 10.6. The molecule has 0 aromatic heterocycles. The van der Waals surface area contributed by atoms with Crippen LogP contribution in [-0.2, 0) is 6.42 Å². The number of hydrogen-bond acceptors (Lipinski definition) is 2. The first-order chi connectivity index (χ1) is 9.10. The van der Waals surface area contributed by atoms with E-state index < -0.39 is 5.82 Å². The van der Waals surface area contributed by atoms with Crippen molar-refractivity contribution in [1.82, 2.24) is 0 Å². The van der Waals surface area contributed by atoms with E-state index in [4.69, 9.17) is 15.9 Å². The summed E-state index contributed by atoms with van der Waals surface area (Å²) in [6.07, 6.45) is 0.903. The fourth-order valence-corrected chi connectivity index (χ4v) is 1.76. The highest BCUT2D eigenvalue weighted by atomic mass is 19.1. The Bertz CT molecular complexity index is 611. The van der Waals surface area contributed by atoms with Gasteiger partial charge in [0.25, 0.3) is 0 Å². The van der Waals surface area contributed by atoms with Crippen LogP contribution in [0.5, 0.6) is 11.5 Å². The van der Waals surface area contributed by atoms with Crippen LogP contribution in [0.1, 0.15) is 18.1 Å². The van der Waals surface area contributed by atoms with Crippen LogP contribution in [0.4, 0.5) is 4.39 Å². The first-order valence-electron chi connectivity index (χ1n) is 6.01. The lowest BCUT2D eigenvalue weighted by Gasteiger charge is -2.11. The van der Waals surface area contributed by atoms with Gasteiger partial charge in [0.1, 0.15) is 23.2 Å². The normalized spacial score (nSPS) is 10.2. The first-order valence-corrected chi connectivity index (χ1v) is 6.01. The van der Waals surface area contributed by atoms with Gasteiger partial charge in [0.05, 0.1) is 5.56 Å². The average Bonchev–Trinajstić information content (AvgIpc) is 2.41. The second-order valence-electron chi connectivity index (χ2n) is 4.16. The lowest BCUT2D eigenvalue weighted by molar-refractivity contribution is 0.478. The van der Waals surface area contributed by atoms with E-state index >= 15 is 0 Å². The number of aryl methyl sites for hydroxylation is 1. The van der Waals surface area contributed by atoms with E-state index in [9.17, 15) is 4.39 Å². The van der Waals surface area contributed by atoms with Crippen molar-refractivity contribution >= 4 is 5.84 Å². The van der Waals surface area contributed by atoms with Gasteiger partial charge >= 0.3 is 0 Å². The maximum Gasteiger partial charge on any atom is 0.138 e. The van der Waals surface area contributed by atoms with Crippen molar-refractivity contribution < 1.29 is 9.13 Å². The minimum atomic E-state index is -0.445. The molecule has 0 heterocycles. The third-order valence-corrected chi connectivity index (χ3v) is 2.77. The molecule has 0 aliphatic heterocycles. The fraction of sp³-hybridized carbons (Fsp3) is 0.133. The summed E-state index contributed by atoms with van der Waals surface area (Å²) in [7, 11) is 0. The van der Waals surface area contributed by atoms with E-state index in [0.29, 0.717) is 11.5 Å². The van der Waals surface area contributed by atoms with Gasteiger partial charge in [0.15, 0.2) is 0 Å². The molecule has 0 fully saturated rings. The molecular weight excluding hydrogens is 243 g/mol. The van der Waals surface area contributed by atoms with Crippen molar-refractivity contribution in [3.05, 3.63) is 59.4 Å². The smallest absolute Gasteiger partial charge is 0.138 e. The van der Waals surface area contributed by atoms with Crippen molar-refractivity contribution in [1.29, 1.82) is 5.41 Å². The van der Waals surface area contributed by atoms with Crippen LogP contribution in [0.15, 0.2) is 42.5 Å². The Morgan fingerprint density at radius 1 is 1.26 bits per heavy atom. The number of nitrogens with two attached hydrogens (primary N) is 1. The molecule has 0 atom stereocenters. The van der Waals surface area contributed by atoms with E-state index in [-0.39, 0.29) is 11.4 Å². The van der Waals surface area contributed by atoms with Gasteiger partial charge in [-0.05, 0) is 42.3 Å². The predicted molar refractivity (Wildman–Crippen MR) is 73.3 cm³/mol. The van der Waals surface area contributed by atoms with Crippen molar-refractivity contribution in [2.24, 2.45) is 5.73 Å². The summed E-state index contributed by atoms with van der Waals surface area (Å²) < 4.78 is 18.8. The Balaban J connectivity index is 2.34. The SMILES string of the molecule is CCc1cccc(Oc2ccc(F)cc2C(=N)N)c1. The molecule has 4 heteroatoms. The number of ether oxygens (including phenoxy) is 1. The molecule has 0 unspecified atom stereocenters. The molecule has 98 valence electrons. The number of nitrogens with one attached hydrogen (secondary N) is 1. The van der Waals surface area contributed by atoms with Gasteiger partial charge in [-0.25, -0.2) is 4.39 Å². The van der Waals surface area contributed by atoms with Crippen LogP contribution in [0.25, 0.3) is 0 Å². The Morgan fingerprint density at radius 3 is 2.74 bits per heavy atom. The van der Waals surface area contributed by atoms with E-state index in [1.165, 1.54) is 18.2 Å². The number of amidine groups is 1. The largest absolute Gasteiger partial charge is 0.457 e. The molecule has 2 aromatic rings. The monoisotopic (exact) mass is 258 g/mol. The number of halogens is 1. The van der Waals surface area contributed by atoms with Crippen LogP contribution in [-0.4, -0.2) is 5.84 Å². The molecule has 0 saturated heterocycles. The van der Waals surface area contributed by atoms with Gasteiger partial charge < -0.3 is 10.5 Å². The summed E-state index contributed by atoms with van der Waals surface area (Å²) in [6, 6.07) is 11.6. The molecule has 0 amide bonds. The topological polar surface area (TPSA) is 59.1 Å².